The van der Waals surface area contributed by atoms with Crippen LogP contribution in [0.2, 0.25) is 0 Å². The van der Waals surface area contributed by atoms with Gasteiger partial charge in [-0.15, -0.1) is 0 Å². The summed E-state index contributed by atoms with van der Waals surface area (Å²) in [6.07, 6.45) is 6.35. The van der Waals surface area contributed by atoms with Crippen LogP contribution in [0, 0.1) is 6.92 Å². The van der Waals surface area contributed by atoms with E-state index < -0.39 is 5.67 Å². The van der Waals surface area contributed by atoms with Crippen LogP contribution in [-0.4, -0.2) is 66.0 Å². The van der Waals surface area contributed by atoms with E-state index in [-0.39, 0.29) is 11.5 Å². The number of hydrogen-bond donors (Lipinski definition) is 1. The third kappa shape index (κ3) is 5.86. The largest absolute Gasteiger partial charge is 0.388 e. The van der Waals surface area contributed by atoms with Gasteiger partial charge in [-0.1, -0.05) is 23.8 Å². The maximum atomic E-state index is 15.9. The molecule has 0 spiro atoms. The van der Waals surface area contributed by atoms with Gasteiger partial charge in [0, 0.05) is 81.7 Å². The van der Waals surface area contributed by atoms with E-state index in [4.69, 9.17) is 0 Å². The van der Waals surface area contributed by atoms with Crippen molar-refractivity contribution < 1.29 is 9.18 Å². The zero-order valence-corrected chi connectivity index (χ0v) is 22.8. The molecular formula is C30H36FN5O2. The van der Waals surface area contributed by atoms with E-state index in [1.807, 2.05) is 19.1 Å². The van der Waals surface area contributed by atoms with E-state index in [1.54, 1.807) is 68.4 Å². The number of aryl methyl sites for hydroxylation is 1. The number of carbonyl (C=O) groups is 1. The van der Waals surface area contributed by atoms with Crippen molar-refractivity contribution >= 4 is 17.7 Å². The molecule has 1 amide bonds. The first-order valence-electron chi connectivity index (χ1n) is 12.9. The van der Waals surface area contributed by atoms with E-state index in [0.717, 1.165) is 28.2 Å². The van der Waals surface area contributed by atoms with E-state index >= 15 is 4.39 Å². The Hall–Kier alpha value is -3.78. The maximum absolute atomic E-state index is 15.9. The first-order valence-corrected chi connectivity index (χ1v) is 12.9. The van der Waals surface area contributed by atoms with Gasteiger partial charge in [0.1, 0.15) is 5.67 Å². The Morgan fingerprint density at radius 2 is 1.84 bits per heavy atom. The minimum absolute atomic E-state index is 0.0894. The molecule has 8 heteroatoms. The molecule has 7 nitrogen and oxygen atoms in total. The smallest absolute Gasteiger partial charge is 0.257 e. The first-order chi connectivity index (χ1) is 18.1. The molecule has 0 saturated carbocycles. The van der Waals surface area contributed by atoms with Crippen LogP contribution in [0.4, 0.5) is 10.1 Å². The molecule has 2 aromatic heterocycles. The minimum atomic E-state index is -1.40. The van der Waals surface area contributed by atoms with Gasteiger partial charge < -0.3 is 10.2 Å². The number of nitrogens with one attached hydrogen (secondary N) is 1. The Labute approximate surface area is 223 Å². The van der Waals surface area contributed by atoms with Crippen LogP contribution in [0.15, 0.2) is 65.2 Å². The predicted molar refractivity (Wildman–Crippen MR) is 151 cm³/mol. The lowest BCUT2D eigenvalue weighted by molar-refractivity contribution is 0.0601. The standard InChI is InChI=1S/C30H36FN5O2/c1-21(18-26-22(2)33-14-10-27(26)36-15-11-25(32-3)19-28(36)37)20-35-16-12-30(31,13-17-35)24-8-6-23(7-9-24)29(38)34(4)5/h6-11,14-15,18-19,32H,12-13,16-17,20H2,1-5H3/b21-18+. The third-order valence-corrected chi connectivity index (χ3v) is 7.20. The summed E-state index contributed by atoms with van der Waals surface area (Å²) in [6, 6.07) is 12.2. The van der Waals surface area contributed by atoms with E-state index in [9.17, 15) is 9.59 Å². The number of halogens is 1. The zero-order chi connectivity index (χ0) is 27.4. The van der Waals surface area contributed by atoms with Crippen LogP contribution < -0.4 is 10.9 Å². The fraction of sp³-hybridized carbons (Fsp3) is 0.367. The molecule has 1 aliphatic rings. The molecule has 1 N–H and O–H groups in total. The summed E-state index contributed by atoms with van der Waals surface area (Å²) in [6.45, 7) is 5.95. The monoisotopic (exact) mass is 517 g/mol. The van der Waals surface area contributed by atoms with Crippen LogP contribution in [0.5, 0.6) is 0 Å². The maximum Gasteiger partial charge on any atom is 0.257 e. The average Bonchev–Trinajstić information content (AvgIpc) is 2.91. The van der Waals surface area contributed by atoms with Crippen molar-refractivity contribution in [2.45, 2.75) is 32.4 Å². The van der Waals surface area contributed by atoms with Crippen molar-refractivity contribution in [2.75, 3.05) is 46.1 Å². The predicted octanol–water partition coefficient (Wildman–Crippen LogP) is 4.65. The molecule has 1 aromatic carbocycles. The van der Waals surface area contributed by atoms with Gasteiger partial charge in [0.25, 0.3) is 11.5 Å². The molecular weight excluding hydrogens is 481 g/mol. The first kappa shape index (κ1) is 27.3. The fourth-order valence-electron chi connectivity index (χ4n) is 4.95. The summed E-state index contributed by atoms with van der Waals surface area (Å²) in [5.74, 6) is -0.0894. The Morgan fingerprint density at radius 1 is 1.16 bits per heavy atom. The lowest BCUT2D eigenvalue weighted by Gasteiger charge is -2.37. The van der Waals surface area contributed by atoms with Crippen molar-refractivity contribution in [3.05, 3.63) is 93.2 Å². The topological polar surface area (TPSA) is 70.5 Å². The molecule has 3 aromatic rings. The second-order valence-electron chi connectivity index (χ2n) is 10.2. The summed E-state index contributed by atoms with van der Waals surface area (Å²) in [4.78, 5) is 33.1. The lowest BCUT2D eigenvalue weighted by atomic mass is 9.85. The quantitative estimate of drug-likeness (QED) is 0.494. The van der Waals surface area contributed by atoms with Crippen LogP contribution in [0.1, 0.15) is 46.9 Å². The zero-order valence-electron chi connectivity index (χ0n) is 22.8. The number of aromatic nitrogens is 2. The van der Waals surface area contributed by atoms with E-state index in [2.05, 4.69) is 28.2 Å². The number of likely N-dealkylation sites (tertiary alicyclic amines) is 1. The number of pyridine rings is 2. The van der Waals surface area contributed by atoms with Gasteiger partial charge >= 0.3 is 0 Å². The van der Waals surface area contributed by atoms with Gasteiger partial charge in [-0.2, -0.15) is 0 Å². The lowest BCUT2D eigenvalue weighted by Crippen LogP contribution is -2.40. The van der Waals surface area contributed by atoms with E-state index in [0.29, 0.717) is 43.6 Å². The molecule has 200 valence electrons. The SMILES string of the molecule is CNc1ccn(-c2ccnc(C)c2/C=C(\C)CN2CCC(F)(c3ccc(C(=O)N(C)C)cc3)CC2)c(=O)c1. The third-order valence-electron chi connectivity index (χ3n) is 7.20. The van der Waals surface area contributed by atoms with Gasteiger partial charge in [0.2, 0.25) is 0 Å². The highest BCUT2D eigenvalue weighted by molar-refractivity contribution is 5.93. The van der Waals surface area contributed by atoms with Crippen LogP contribution in [0.25, 0.3) is 11.8 Å². The van der Waals surface area contributed by atoms with Crippen LogP contribution in [0.3, 0.4) is 0 Å². The number of carbonyl (C=O) groups excluding carboxylic acids is 1. The van der Waals surface area contributed by atoms with Crippen LogP contribution in [-0.2, 0) is 5.67 Å². The molecule has 0 bridgehead atoms. The number of anilines is 1. The number of amides is 1. The van der Waals surface area contributed by atoms with Crippen molar-refractivity contribution in [3.63, 3.8) is 0 Å². The van der Waals surface area contributed by atoms with Gasteiger partial charge in [-0.25, -0.2) is 4.39 Å². The molecule has 38 heavy (non-hydrogen) atoms. The second-order valence-corrected chi connectivity index (χ2v) is 10.2. The molecule has 0 radical (unpaired) electrons. The number of benzene rings is 1. The van der Waals surface area contributed by atoms with Crippen molar-refractivity contribution in [2.24, 2.45) is 0 Å². The van der Waals surface area contributed by atoms with Crippen molar-refractivity contribution in [1.29, 1.82) is 0 Å². The summed E-state index contributed by atoms with van der Waals surface area (Å²) in [5, 5.41) is 2.99. The van der Waals surface area contributed by atoms with Gasteiger partial charge in [-0.3, -0.25) is 24.0 Å². The van der Waals surface area contributed by atoms with Crippen molar-refractivity contribution in [3.8, 4) is 5.69 Å². The fourth-order valence-corrected chi connectivity index (χ4v) is 4.95. The molecule has 4 rings (SSSR count). The second kappa shape index (κ2) is 11.3. The van der Waals surface area contributed by atoms with Gasteiger partial charge in [0.05, 0.1) is 5.69 Å². The molecule has 0 atom stereocenters. The average molecular weight is 518 g/mol. The number of alkyl halides is 1. The molecule has 1 fully saturated rings. The Morgan fingerprint density at radius 3 is 2.45 bits per heavy atom. The molecule has 3 heterocycles. The summed E-state index contributed by atoms with van der Waals surface area (Å²) in [5.41, 5.74) is 4.05. The Bertz CT molecular complexity index is 1390. The molecule has 1 saturated heterocycles. The summed E-state index contributed by atoms with van der Waals surface area (Å²) < 4.78 is 17.5. The normalized spacial score (nSPS) is 15.8. The minimum Gasteiger partial charge on any atom is -0.388 e. The molecule has 0 unspecified atom stereocenters. The number of hydrogen-bond acceptors (Lipinski definition) is 5. The summed E-state index contributed by atoms with van der Waals surface area (Å²) in [7, 11) is 5.19. The van der Waals surface area contributed by atoms with Crippen LogP contribution >= 0.6 is 0 Å². The van der Waals surface area contributed by atoms with Gasteiger partial charge in [0.15, 0.2) is 0 Å². The summed E-state index contributed by atoms with van der Waals surface area (Å²) >= 11 is 0. The number of nitrogens with zero attached hydrogens (tertiary/aromatic N) is 4. The molecule has 0 aliphatic carbocycles. The van der Waals surface area contributed by atoms with Gasteiger partial charge in [-0.05, 0) is 56.5 Å². The Balaban J connectivity index is 1.46. The number of piperidine rings is 1. The highest BCUT2D eigenvalue weighted by Gasteiger charge is 2.36. The Kier molecular flexibility index (Phi) is 8.11. The van der Waals surface area contributed by atoms with E-state index in [1.165, 1.54) is 4.90 Å². The highest BCUT2D eigenvalue weighted by Crippen LogP contribution is 2.37. The number of rotatable bonds is 7. The van der Waals surface area contributed by atoms with Crippen molar-refractivity contribution in [1.82, 2.24) is 19.4 Å². The highest BCUT2D eigenvalue weighted by atomic mass is 19.1. The molecule has 1 aliphatic heterocycles.